The van der Waals surface area contributed by atoms with Gasteiger partial charge in [-0.3, -0.25) is 9.59 Å². The summed E-state index contributed by atoms with van der Waals surface area (Å²) in [5, 5.41) is 5.04. The third kappa shape index (κ3) is 4.54. The smallest absolute Gasteiger partial charge is 0.276 e. The molecule has 0 aliphatic heterocycles. The number of rotatable bonds is 5. The minimum absolute atomic E-state index is 0.0508. The minimum Gasteiger partial charge on any atom is -0.361 e. The Balaban J connectivity index is 1.48. The summed E-state index contributed by atoms with van der Waals surface area (Å²) in [6.07, 6.45) is 5.07. The number of nitrogens with one attached hydrogen (secondary N) is 2. The molecule has 0 aliphatic carbocycles. The molecule has 0 radical (unpaired) electrons. The second-order valence-corrected chi connectivity index (χ2v) is 8.79. The predicted molar refractivity (Wildman–Crippen MR) is 128 cm³/mol. The van der Waals surface area contributed by atoms with Gasteiger partial charge in [0.25, 0.3) is 11.5 Å². The fourth-order valence-corrected chi connectivity index (χ4v) is 3.56. The van der Waals surface area contributed by atoms with E-state index in [1.165, 1.54) is 16.2 Å². The second kappa shape index (κ2) is 8.67. The standard InChI is InChI=1S/C26H26N4O2/c1-26(2,3)20-12-10-18(11-13-20)17-30-14-6-8-22(25(30)32)24(31)29-28-16-19-15-27-23-9-5-4-7-21(19)23/h4-16,27H,17H2,1-3H3,(H,29,31)/b28-16-. The molecule has 4 aromatic rings. The number of amides is 1. The molecular weight excluding hydrogens is 400 g/mol. The summed E-state index contributed by atoms with van der Waals surface area (Å²) in [6.45, 7) is 6.88. The molecular formula is C26H26N4O2. The van der Waals surface area contributed by atoms with Gasteiger partial charge < -0.3 is 9.55 Å². The number of nitrogens with zero attached hydrogens (tertiary/aromatic N) is 2. The van der Waals surface area contributed by atoms with Crippen LogP contribution in [0.15, 0.2) is 83.0 Å². The van der Waals surface area contributed by atoms with Crippen molar-refractivity contribution >= 4 is 23.0 Å². The van der Waals surface area contributed by atoms with Crippen LogP contribution in [0.2, 0.25) is 0 Å². The topological polar surface area (TPSA) is 79.2 Å². The van der Waals surface area contributed by atoms with Crippen LogP contribution in [0.3, 0.4) is 0 Å². The molecule has 0 fully saturated rings. The van der Waals surface area contributed by atoms with Gasteiger partial charge in [-0.25, -0.2) is 5.43 Å². The lowest BCUT2D eigenvalue weighted by atomic mass is 9.87. The van der Waals surface area contributed by atoms with Gasteiger partial charge in [0, 0.05) is 28.9 Å². The molecule has 4 rings (SSSR count). The molecule has 0 bridgehead atoms. The lowest BCUT2D eigenvalue weighted by molar-refractivity contribution is 0.0953. The first-order valence-corrected chi connectivity index (χ1v) is 10.5. The highest BCUT2D eigenvalue weighted by molar-refractivity contribution is 6.00. The number of fused-ring (bicyclic) bond motifs is 1. The van der Waals surface area contributed by atoms with Crippen molar-refractivity contribution in [2.45, 2.75) is 32.7 Å². The number of aromatic amines is 1. The fourth-order valence-electron chi connectivity index (χ4n) is 3.56. The third-order valence-corrected chi connectivity index (χ3v) is 5.43. The molecule has 0 spiro atoms. The van der Waals surface area contributed by atoms with Gasteiger partial charge in [-0.2, -0.15) is 5.10 Å². The van der Waals surface area contributed by atoms with Crippen molar-refractivity contribution in [3.05, 3.63) is 106 Å². The van der Waals surface area contributed by atoms with Crippen LogP contribution in [0.25, 0.3) is 10.9 Å². The first-order chi connectivity index (χ1) is 15.3. The zero-order chi connectivity index (χ0) is 22.7. The Morgan fingerprint density at radius 3 is 2.56 bits per heavy atom. The molecule has 32 heavy (non-hydrogen) atoms. The van der Waals surface area contributed by atoms with Gasteiger partial charge in [-0.05, 0) is 34.7 Å². The third-order valence-electron chi connectivity index (χ3n) is 5.43. The van der Waals surface area contributed by atoms with E-state index in [1.54, 1.807) is 18.5 Å². The van der Waals surface area contributed by atoms with E-state index in [1.807, 2.05) is 42.6 Å². The zero-order valence-corrected chi connectivity index (χ0v) is 18.4. The first kappa shape index (κ1) is 21.3. The van der Waals surface area contributed by atoms with Gasteiger partial charge in [0.1, 0.15) is 5.56 Å². The molecule has 162 valence electrons. The van der Waals surface area contributed by atoms with Crippen molar-refractivity contribution in [2.24, 2.45) is 5.10 Å². The van der Waals surface area contributed by atoms with E-state index in [9.17, 15) is 9.59 Å². The van der Waals surface area contributed by atoms with Crippen LogP contribution in [0.4, 0.5) is 0 Å². The summed E-state index contributed by atoms with van der Waals surface area (Å²) >= 11 is 0. The maximum atomic E-state index is 12.9. The molecule has 0 saturated heterocycles. The molecule has 2 N–H and O–H groups in total. The molecule has 0 saturated carbocycles. The maximum absolute atomic E-state index is 12.9. The van der Waals surface area contributed by atoms with Gasteiger partial charge in [-0.1, -0.05) is 63.2 Å². The Kier molecular flexibility index (Phi) is 5.77. The summed E-state index contributed by atoms with van der Waals surface area (Å²) in [5.41, 5.74) is 6.29. The lowest BCUT2D eigenvalue weighted by Gasteiger charge is -2.19. The van der Waals surface area contributed by atoms with E-state index in [2.05, 4.69) is 48.4 Å². The van der Waals surface area contributed by atoms with Crippen molar-refractivity contribution in [3.8, 4) is 0 Å². The summed E-state index contributed by atoms with van der Waals surface area (Å²) < 4.78 is 1.53. The monoisotopic (exact) mass is 426 g/mol. The highest BCUT2D eigenvalue weighted by Crippen LogP contribution is 2.22. The molecule has 1 amide bonds. The highest BCUT2D eigenvalue weighted by atomic mass is 16.2. The van der Waals surface area contributed by atoms with Crippen LogP contribution in [-0.2, 0) is 12.0 Å². The first-order valence-electron chi connectivity index (χ1n) is 10.5. The summed E-state index contributed by atoms with van der Waals surface area (Å²) in [7, 11) is 0. The van der Waals surface area contributed by atoms with Gasteiger partial charge in [0.05, 0.1) is 12.8 Å². The van der Waals surface area contributed by atoms with Crippen molar-refractivity contribution in [3.63, 3.8) is 0 Å². The van der Waals surface area contributed by atoms with Crippen LogP contribution in [0, 0.1) is 0 Å². The molecule has 0 atom stereocenters. The summed E-state index contributed by atoms with van der Waals surface area (Å²) in [6, 6.07) is 19.2. The Hall–Kier alpha value is -3.93. The Morgan fingerprint density at radius 2 is 1.81 bits per heavy atom. The second-order valence-electron chi connectivity index (χ2n) is 8.79. The van der Waals surface area contributed by atoms with Crippen molar-refractivity contribution in [1.29, 1.82) is 0 Å². The van der Waals surface area contributed by atoms with Crippen LogP contribution in [0.5, 0.6) is 0 Å². The van der Waals surface area contributed by atoms with E-state index >= 15 is 0 Å². The number of hydrogen-bond acceptors (Lipinski definition) is 3. The maximum Gasteiger partial charge on any atom is 0.276 e. The van der Waals surface area contributed by atoms with E-state index in [-0.39, 0.29) is 16.5 Å². The van der Waals surface area contributed by atoms with Crippen molar-refractivity contribution < 1.29 is 4.79 Å². The molecule has 2 heterocycles. The van der Waals surface area contributed by atoms with Crippen LogP contribution < -0.4 is 11.0 Å². The summed E-state index contributed by atoms with van der Waals surface area (Å²) in [5.74, 6) is -0.538. The minimum atomic E-state index is -0.538. The number of carbonyl (C=O) groups excluding carboxylic acids is 1. The van der Waals surface area contributed by atoms with E-state index in [0.717, 1.165) is 22.0 Å². The van der Waals surface area contributed by atoms with E-state index < -0.39 is 5.91 Å². The van der Waals surface area contributed by atoms with Crippen molar-refractivity contribution in [2.75, 3.05) is 0 Å². The van der Waals surface area contributed by atoms with E-state index in [0.29, 0.717) is 6.54 Å². The normalized spacial score (nSPS) is 11.8. The van der Waals surface area contributed by atoms with Gasteiger partial charge in [-0.15, -0.1) is 0 Å². The molecule has 2 aromatic heterocycles. The number of hydrazone groups is 1. The lowest BCUT2D eigenvalue weighted by Crippen LogP contribution is -2.30. The predicted octanol–water partition coefficient (Wildman–Crippen LogP) is 4.44. The molecule has 6 nitrogen and oxygen atoms in total. The summed E-state index contributed by atoms with van der Waals surface area (Å²) in [4.78, 5) is 28.6. The molecule has 0 unspecified atom stereocenters. The number of H-pyrrole nitrogens is 1. The molecule has 6 heteroatoms. The van der Waals surface area contributed by atoms with Gasteiger partial charge >= 0.3 is 0 Å². The zero-order valence-electron chi connectivity index (χ0n) is 18.4. The number of carbonyl (C=O) groups is 1. The number of para-hydroxylation sites is 1. The largest absolute Gasteiger partial charge is 0.361 e. The highest BCUT2D eigenvalue weighted by Gasteiger charge is 2.14. The Bertz CT molecular complexity index is 1340. The van der Waals surface area contributed by atoms with E-state index in [4.69, 9.17) is 0 Å². The number of benzene rings is 2. The Labute approximate surface area is 186 Å². The number of aromatic nitrogens is 2. The SMILES string of the molecule is CC(C)(C)c1ccc(Cn2cccc(C(=O)N/N=C\c3c[nH]c4ccccc34)c2=O)cc1. The quantitative estimate of drug-likeness (QED) is 0.366. The number of pyridine rings is 1. The van der Waals surface area contributed by atoms with Gasteiger partial charge in [0.2, 0.25) is 0 Å². The molecule has 2 aromatic carbocycles. The van der Waals surface area contributed by atoms with Crippen molar-refractivity contribution in [1.82, 2.24) is 15.0 Å². The average molecular weight is 427 g/mol. The van der Waals surface area contributed by atoms with Crippen LogP contribution in [-0.4, -0.2) is 21.7 Å². The van der Waals surface area contributed by atoms with Crippen LogP contribution >= 0.6 is 0 Å². The average Bonchev–Trinajstić information content (AvgIpc) is 3.18. The Morgan fingerprint density at radius 1 is 1.06 bits per heavy atom. The van der Waals surface area contributed by atoms with Gasteiger partial charge in [0.15, 0.2) is 0 Å². The number of hydrogen-bond donors (Lipinski definition) is 2. The fraction of sp³-hybridized carbons (Fsp3) is 0.192. The molecule has 0 aliphatic rings. The van der Waals surface area contributed by atoms with Crippen LogP contribution in [0.1, 0.15) is 47.8 Å².